The maximum Gasteiger partial charge on any atom is 0.410 e. The average molecular weight is 589 g/mol. The summed E-state index contributed by atoms with van der Waals surface area (Å²) in [6, 6.07) is 4.25. The van der Waals surface area contributed by atoms with Crippen LogP contribution in [0.3, 0.4) is 0 Å². The summed E-state index contributed by atoms with van der Waals surface area (Å²) in [5.41, 5.74) is 0.798. The summed E-state index contributed by atoms with van der Waals surface area (Å²) in [7, 11) is -4.52. The van der Waals surface area contributed by atoms with Crippen LogP contribution in [0.25, 0.3) is 0 Å². The summed E-state index contributed by atoms with van der Waals surface area (Å²) >= 11 is 0. The molecule has 216 valence electrons. The monoisotopic (exact) mass is 588 g/mol. The van der Waals surface area contributed by atoms with E-state index in [9.17, 15) is 36.8 Å². The number of nitriles is 1. The minimum atomic E-state index is -4.52. The fourth-order valence-electron chi connectivity index (χ4n) is 4.24. The molecular formula is C26H26F2N6O6S. The van der Waals surface area contributed by atoms with Crippen LogP contribution < -0.4 is 10.5 Å². The van der Waals surface area contributed by atoms with E-state index in [0.717, 1.165) is 11.1 Å². The van der Waals surface area contributed by atoms with Crippen molar-refractivity contribution in [1.82, 2.24) is 14.8 Å². The van der Waals surface area contributed by atoms with Crippen LogP contribution in [0.2, 0.25) is 0 Å². The third kappa shape index (κ3) is 6.34. The number of anilines is 1. The Kier molecular flexibility index (Phi) is 7.83. The number of benzene rings is 1. The Labute approximate surface area is 234 Å². The molecule has 0 saturated heterocycles. The first-order chi connectivity index (χ1) is 19.1. The smallest absolute Gasteiger partial charge is 0.410 e. The molecule has 0 saturated carbocycles. The highest BCUT2D eigenvalue weighted by atomic mass is 32.2. The van der Waals surface area contributed by atoms with Crippen LogP contribution in [0, 0.1) is 28.4 Å². The van der Waals surface area contributed by atoms with Gasteiger partial charge in [0.25, 0.3) is 5.91 Å². The molecule has 15 heteroatoms. The number of nitrogens with zero attached hydrogens (tertiary/aromatic N) is 4. The molecule has 41 heavy (non-hydrogen) atoms. The number of pyridine rings is 1. The molecule has 3 N–H and O–H groups in total. The number of amides is 3. The van der Waals surface area contributed by atoms with E-state index in [1.165, 1.54) is 22.1 Å². The van der Waals surface area contributed by atoms with Gasteiger partial charge in [0.2, 0.25) is 15.9 Å². The van der Waals surface area contributed by atoms with Gasteiger partial charge in [0.15, 0.2) is 0 Å². The zero-order valence-electron chi connectivity index (χ0n) is 22.3. The highest BCUT2D eigenvalue weighted by Crippen LogP contribution is 2.29. The molecule has 12 nitrogen and oxygen atoms in total. The van der Waals surface area contributed by atoms with Gasteiger partial charge in [-0.1, -0.05) is 20.8 Å². The van der Waals surface area contributed by atoms with Gasteiger partial charge < -0.3 is 19.9 Å². The number of primary sulfonamides is 1. The average Bonchev–Trinajstić information content (AvgIpc) is 3.47. The number of hydrogen-bond acceptors (Lipinski definition) is 8. The normalized spacial score (nSPS) is 15.0. The number of hydrogen-bond donors (Lipinski definition) is 2. The van der Waals surface area contributed by atoms with Gasteiger partial charge in [-0.05, 0) is 29.3 Å². The molecule has 1 aromatic heterocycles. The number of rotatable bonds is 5. The van der Waals surface area contributed by atoms with E-state index in [1.54, 1.807) is 20.8 Å². The van der Waals surface area contributed by atoms with Crippen molar-refractivity contribution in [2.24, 2.45) is 10.6 Å². The Morgan fingerprint density at radius 2 is 1.68 bits per heavy atom. The van der Waals surface area contributed by atoms with Crippen molar-refractivity contribution in [2.45, 2.75) is 32.3 Å². The van der Waals surface area contributed by atoms with Crippen molar-refractivity contribution < 1.29 is 36.3 Å². The summed E-state index contributed by atoms with van der Waals surface area (Å²) in [6.07, 6.45) is 0.619. The Morgan fingerprint density at radius 3 is 2.24 bits per heavy atom. The SMILES string of the molecule is CC(C)(C)C(=O)Nc1cc(C#N)cnc1COC(=O)N1CC2=C(C1)CN(C(=O)c1cc(F)c(S(N)(=O)=O)cc1F)C2. The van der Waals surface area contributed by atoms with Crippen LogP contribution >= 0.6 is 0 Å². The van der Waals surface area contributed by atoms with E-state index < -0.39 is 49.5 Å². The molecule has 2 aliphatic rings. The molecule has 0 unspecified atom stereocenters. The Hall–Kier alpha value is -4.42. The van der Waals surface area contributed by atoms with Crippen LogP contribution in [0.1, 0.15) is 42.4 Å². The standard InChI is InChI=1S/C26H26F2N6O6S/c1-26(2,3)24(36)32-20-4-14(7-29)8-31-21(20)13-40-25(37)34-11-15-9-33(10-16(15)12-34)23(35)17-5-19(28)22(6-18(17)27)41(30,38)39/h4-6,8H,9-13H2,1-3H3,(H,32,36)(H2,30,38,39). The largest absolute Gasteiger partial charge is 0.443 e. The van der Waals surface area contributed by atoms with E-state index in [0.29, 0.717) is 12.1 Å². The van der Waals surface area contributed by atoms with E-state index in [2.05, 4.69) is 10.3 Å². The number of nitrogens with one attached hydrogen (secondary N) is 1. The van der Waals surface area contributed by atoms with Gasteiger partial charge in [-0.25, -0.2) is 27.1 Å². The van der Waals surface area contributed by atoms with Gasteiger partial charge in [0, 0.05) is 37.8 Å². The summed E-state index contributed by atoms with van der Waals surface area (Å²) in [5.74, 6) is -3.73. The number of nitrogens with two attached hydrogens (primary N) is 1. The molecule has 3 heterocycles. The van der Waals surface area contributed by atoms with Crippen molar-refractivity contribution in [1.29, 1.82) is 5.26 Å². The predicted molar refractivity (Wildman–Crippen MR) is 139 cm³/mol. The maximum atomic E-state index is 14.5. The summed E-state index contributed by atoms with van der Waals surface area (Å²) in [5, 5.41) is 16.8. The molecule has 0 aliphatic carbocycles. The van der Waals surface area contributed by atoms with Crippen LogP contribution in [-0.4, -0.2) is 67.3 Å². The number of carbonyl (C=O) groups is 3. The fourth-order valence-corrected chi connectivity index (χ4v) is 4.84. The van der Waals surface area contributed by atoms with Crippen molar-refractivity contribution in [2.75, 3.05) is 31.5 Å². The predicted octanol–water partition coefficient (Wildman–Crippen LogP) is 2.27. The van der Waals surface area contributed by atoms with Crippen LogP contribution in [0.15, 0.2) is 40.4 Å². The molecular weight excluding hydrogens is 562 g/mol. The number of halogens is 2. The minimum absolute atomic E-state index is 0.0517. The molecule has 2 aliphatic heterocycles. The number of carbonyl (C=O) groups excluding carboxylic acids is 3. The molecule has 0 fully saturated rings. The molecule has 0 bridgehead atoms. The molecule has 3 amide bonds. The highest BCUT2D eigenvalue weighted by molar-refractivity contribution is 7.89. The molecule has 2 aromatic rings. The van der Waals surface area contributed by atoms with Crippen LogP contribution in [0.4, 0.5) is 19.3 Å². The summed E-state index contributed by atoms with van der Waals surface area (Å²) < 4.78 is 56.9. The lowest BCUT2D eigenvalue weighted by atomic mass is 9.95. The van der Waals surface area contributed by atoms with Gasteiger partial charge in [0.1, 0.15) is 34.9 Å². The first-order valence-corrected chi connectivity index (χ1v) is 13.8. The van der Waals surface area contributed by atoms with Gasteiger partial charge in [-0.3, -0.25) is 14.6 Å². The summed E-state index contributed by atoms with van der Waals surface area (Å²) in [6.45, 7) is 5.24. The topological polar surface area (TPSA) is 176 Å². The summed E-state index contributed by atoms with van der Waals surface area (Å²) in [4.78, 5) is 43.8. The molecule has 0 atom stereocenters. The van der Waals surface area contributed by atoms with Gasteiger partial charge in [0.05, 0.1) is 16.8 Å². The number of sulfonamides is 1. The zero-order valence-corrected chi connectivity index (χ0v) is 23.1. The quantitative estimate of drug-likeness (QED) is 0.500. The van der Waals surface area contributed by atoms with Crippen molar-refractivity contribution in [3.05, 3.63) is 64.0 Å². The van der Waals surface area contributed by atoms with Gasteiger partial charge in [-0.2, -0.15) is 5.26 Å². The maximum absolute atomic E-state index is 14.5. The molecule has 0 spiro atoms. The third-order valence-electron chi connectivity index (χ3n) is 6.49. The lowest BCUT2D eigenvalue weighted by molar-refractivity contribution is -0.123. The second-order valence-corrected chi connectivity index (χ2v) is 12.2. The Morgan fingerprint density at radius 1 is 1.07 bits per heavy atom. The minimum Gasteiger partial charge on any atom is -0.443 e. The number of ether oxygens (including phenoxy) is 1. The lowest BCUT2D eigenvalue weighted by Crippen LogP contribution is -2.37. The van der Waals surface area contributed by atoms with E-state index in [1.807, 2.05) is 6.07 Å². The Balaban J connectivity index is 1.37. The van der Waals surface area contributed by atoms with Crippen LogP contribution in [0.5, 0.6) is 0 Å². The first kappa shape index (κ1) is 29.6. The zero-order chi connectivity index (χ0) is 30.3. The van der Waals surface area contributed by atoms with E-state index >= 15 is 0 Å². The molecule has 1 aromatic carbocycles. The van der Waals surface area contributed by atoms with Crippen molar-refractivity contribution >= 4 is 33.6 Å². The van der Waals surface area contributed by atoms with Crippen molar-refractivity contribution in [3.8, 4) is 6.07 Å². The third-order valence-corrected chi connectivity index (χ3v) is 7.42. The highest BCUT2D eigenvalue weighted by Gasteiger charge is 2.36. The van der Waals surface area contributed by atoms with E-state index in [4.69, 9.17) is 9.88 Å². The second-order valence-electron chi connectivity index (χ2n) is 10.6. The van der Waals surface area contributed by atoms with Gasteiger partial charge >= 0.3 is 6.09 Å². The molecule has 0 radical (unpaired) electrons. The molecule has 4 rings (SSSR count). The van der Waals surface area contributed by atoms with Gasteiger partial charge in [-0.15, -0.1) is 0 Å². The van der Waals surface area contributed by atoms with Crippen LogP contribution in [-0.2, 0) is 26.2 Å². The van der Waals surface area contributed by atoms with E-state index in [-0.39, 0.29) is 55.6 Å². The second kappa shape index (κ2) is 10.9. The Bertz CT molecular complexity index is 1630. The fraction of sp³-hybridized carbons (Fsp3) is 0.346. The van der Waals surface area contributed by atoms with Crippen molar-refractivity contribution in [3.63, 3.8) is 0 Å². The first-order valence-electron chi connectivity index (χ1n) is 12.2. The lowest BCUT2D eigenvalue weighted by Gasteiger charge is -2.23. The number of aromatic nitrogens is 1.